The van der Waals surface area contributed by atoms with Crippen LogP contribution >= 0.6 is 22.7 Å². The molecular formula is C13H12N2O4S2. The highest BCUT2D eigenvalue weighted by Gasteiger charge is 2.34. The van der Waals surface area contributed by atoms with Gasteiger partial charge in [0.25, 0.3) is 5.91 Å². The van der Waals surface area contributed by atoms with Crippen molar-refractivity contribution < 1.29 is 19.4 Å². The predicted molar refractivity (Wildman–Crippen MR) is 78.7 cm³/mol. The van der Waals surface area contributed by atoms with E-state index in [1.165, 1.54) is 16.2 Å². The van der Waals surface area contributed by atoms with Gasteiger partial charge in [0.15, 0.2) is 6.04 Å². The van der Waals surface area contributed by atoms with Gasteiger partial charge in [-0.05, 0) is 11.4 Å². The summed E-state index contributed by atoms with van der Waals surface area (Å²) in [5.41, 5.74) is 1.26. The van der Waals surface area contributed by atoms with Gasteiger partial charge in [-0.25, -0.2) is 9.78 Å². The second kappa shape index (κ2) is 5.92. The van der Waals surface area contributed by atoms with E-state index < -0.39 is 12.0 Å². The molecule has 8 heteroatoms. The molecule has 0 unspecified atom stereocenters. The van der Waals surface area contributed by atoms with Crippen LogP contribution < -0.4 is 0 Å². The zero-order valence-corrected chi connectivity index (χ0v) is 12.5. The number of carboxylic acid groups (broad SMARTS) is 1. The fraction of sp³-hybridized carbons (Fsp3) is 0.308. The van der Waals surface area contributed by atoms with E-state index in [0.29, 0.717) is 6.61 Å². The number of nitrogens with zero attached hydrogens (tertiary/aromatic N) is 2. The molecule has 6 nitrogen and oxygen atoms in total. The molecule has 2 aromatic heterocycles. The lowest BCUT2D eigenvalue weighted by molar-refractivity contribution is -0.147. The first kappa shape index (κ1) is 14.2. The van der Waals surface area contributed by atoms with Crippen LogP contribution in [0.1, 0.15) is 10.5 Å². The Bertz CT molecular complexity index is 653. The summed E-state index contributed by atoms with van der Waals surface area (Å²) >= 11 is 2.94. The van der Waals surface area contributed by atoms with Crippen molar-refractivity contribution in [1.82, 2.24) is 9.88 Å². The lowest BCUT2D eigenvalue weighted by Crippen LogP contribution is -2.52. The molecule has 1 saturated heterocycles. The molecule has 2 aromatic rings. The SMILES string of the molecule is O=C(O)[C@@H]1COCCN1C(=O)c1csc(-c2ccsc2)n1. The van der Waals surface area contributed by atoms with Crippen molar-refractivity contribution in [2.75, 3.05) is 19.8 Å². The average Bonchev–Trinajstić information content (AvgIpc) is 3.17. The minimum Gasteiger partial charge on any atom is -0.480 e. The Labute approximate surface area is 128 Å². The largest absolute Gasteiger partial charge is 0.480 e. The third-order valence-electron chi connectivity index (χ3n) is 3.17. The predicted octanol–water partition coefficient (Wildman–Crippen LogP) is 1.80. The Morgan fingerprint density at radius 1 is 1.43 bits per heavy atom. The van der Waals surface area contributed by atoms with Gasteiger partial charge in [-0.3, -0.25) is 4.79 Å². The molecule has 1 aliphatic rings. The first-order chi connectivity index (χ1) is 10.2. The molecule has 1 N–H and O–H groups in total. The van der Waals surface area contributed by atoms with Crippen molar-refractivity contribution >= 4 is 34.6 Å². The molecule has 1 fully saturated rings. The molecule has 0 spiro atoms. The number of rotatable bonds is 3. The molecule has 0 aliphatic carbocycles. The Kier molecular flexibility index (Phi) is 4.00. The molecule has 1 atom stereocenters. The number of hydrogen-bond donors (Lipinski definition) is 1. The molecule has 0 bridgehead atoms. The van der Waals surface area contributed by atoms with Crippen molar-refractivity contribution in [3.63, 3.8) is 0 Å². The Hall–Kier alpha value is -1.77. The summed E-state index contributed by atoms with van der Waals surface area (Å²) in [5.74, 6) is -1.42. The summed E-state index contributed by atoms with van der Waals surface area (Å²) in [5, 5.41) is 15.5. The normalized spacial score (nSPS) is 18.7. The fourth-order valence-electron chi connectivity index (χ4n) is 2.09. The van der Waals surface area contributed by atoms with Gasteiger partial charge in [0.1, 0.15) is 10.7 Å². The fourth-order valence-corrected chi connectivity index (χ4v) is 3.60. The molecule has 0 aromatic carbocycles. The van der Waals surface area contributed by atoms with Crippen molar-refractivity contribution in [1.29, 1.82) is 0 Å². The lowest BCUT2D eigenvalue weighted by Gasteiger charge is -2.32. The van der Waals surface area contributed by atoms with E-state index in [2.05, 4.69) is 4.98 Å². The molecule has 1 amide bonds. The van der Waals surface area contributed by atoms with Crippen LogP contribution in [0.2, 0.25) is 0 Å². The van der Waals surface area contributed by atoms with Gasteiger partial charge < -0.3 is 14.7 Å². The second-order valence-corrected chi connectivity index (χ2v) is 6.12. The standard InChI is InChI=1S/C13H12N2O4S2/c16-12(15-2-3-19-5-10(15)13(17)18)9-7-21-11(14-9)8-1-4-20-6-8/h1,4,6-7,10H,2-3,5H2,(H,17,18)/t10-/m0/s1. The Morgan fingerprint density at radius 2 is 2.29 bits per heavy atom. The maximum atomic E-state index is 12.5. The van der Waals surface area contributed by atoms with Gasteiger partial charge in [0, 0.05) is 22.9 Å². The summed E-state index contributed by atoms with van der Waals surface area (Å²) in [6, 6.07) is 0.990. The molecule has 3 rings (SSSR count). The highest BCUT2D eigenvalue weighted by Crippen LogP contribution is 2.26. The number of thiazole rings is 1. The topological polar surface area (TPSA) is 79.7 Å². The Balaban J connectivity index is 1.83. The molecule has 0 saturated carbocycles. The summed E-state index contributed by atoms with van der Waals surface area (Å²) in [6.07, 6.45) is 0. The molecule has 3 heterocycles. The third kappa shape index (κ3) is 2.82. The van der Waals surface area contributed by atoms with Crippen molar-refractivity contribution in [3.05, 3.63) is 27.9 Å². The van der Waals surface area contributed by atoms with E-state index in [1.807, 2.05) is 16.8 Å². The Morgan fingerprint density at radius 3 is 3.00 bits per heavy atom. The number of carboxylic acids is 1. The maximum Gasteiger partial charge on any atom is 0.328 e. The number of amides is 1. The van der Waals surface area contributed by atoms with Crippen LogP contribution in [0.25, 0.3) is 10.6 Å². The van der Waals surface area contributed by atoms with Crippen molar-refractivity contribution in [2.24, 2.45) is 0 Å². The highest BCUT2D eigenvalue weighted by molar-refractivity contribution is 7.14. The third-order valence-corrected chi connectivity index (χ3v) is 4.74. The monoisotopic (exact) mass is 324 g/mol. The minimum absolute atomic E-state index is 0.0165. The number of hydrogen-bond acceptors (Lipinski definition) is 6. The van der Waals surface area contributed by atoms with Gasteiger partial charge in [0.2, 0.25) is 0 Å². The summed E-state index contributed by atoms with van der Waals surface area (Å²) in [4.78, 5) is 29.3. The van der Waals surface area contributed by atoms with Crippen LogP contribution in [0.4, 0.5) is 0 Å². The maximum absolute atomic E-state index is 12.5. The van der Waals surface area contributed by atoms with E-state index in [-0.39, 0.29) is 24.8 Å². The number of ether oxygens (including phenoxy) is 1. The molecule has 21 heavy (non-hydrogen) atoms. The quantitative estimate of drug-likeness (QED) is 0.931. The van der Waals surface area contributed by atoms with E-state index in [0.717, 1.165) is 10.6 Å². The van der Waals surface area contributed by atoms with Crippen molar-refractivity contribution in [3.8, 4) is 10.6 Å². The first-order valence-corrected chi connectivity index (χ1v) is 8.08. The number of aliphatic carboxylic acids is 1. The van der Waals surface area contributed by atoms with Gasteiger partial charge in [-0.15, -0.1) is 11.3 Å². The van der Waals surface area contributed by atoms with Crippen LogP contribution in [0, 0.1) is 0 Å². The van der Waals surface area contributed by atoms with Crippen LogP contribution in [0.15, 0.2) is 22.2 Å². The van der Waals surface area contributed by atoms with Gasteiger partial charge >= 0.3 is 5.97 Å². The van der Waals surface area contributed by atoms with Crippen molar-refractivity contribution in [2.45, 2.75) is 6.04 Å². The number of thiophene rings is 1. The van der Waals surface area contributed by atoms with Gasteiger partial charge in [-0.2, -0.15) is 11.3 Å². The summed E-state index contributed by atoms with van der Waals surface area (Å²) in [6.45, 7) is 0.626. The van der Waals surface area contributed by atoms with Crippen LogP contribution in [-0.4, -0.2) is 52.7 Å². The lowest BCUT2D eigenvalue weighted by atomic mass is 10.2. The molecule has 110 valence electrons. The zero-order chi connectivity index (χ0) is 14.8. The summed E-state index contributed by atoms with van der Waals surface area (Å²) < 4.78 is 5.13. The van der Waals surface area contributed by atoms with Crippen LogP contribution in [0.5, 0.6) is 0 Å². The number of carbonyl (C=O) groups is 2. The van der Waals surface area contributed by atoms with E-state index >= 15 is 0 Å². The summed E-state index contributed by atoms with van der Waals surface area (Å²) in [7, 11) is 0. The number of morpholine rings is 1. The molecular weight excluding hydrogens is 312 g/mol. The second-order valence-electron chi connectivity index (χ2n) is 4.48. The highest BCUT2D eigenvalue weighted by atomic mass is 32.1. The zero-order valence-electron chi connectivity index (χ0n) is 10.9. The van der Waals surface area contributed by atoms with E-state index in [9.17, 15) is 9.59 Å². The molecule has 0 radical (unpaired) electrons. The minimum atomic E-state index is -1.06. The molecule has 1 aliphatic heterocycles. The van der Waals surface area contributed by atoms with E-state index in [1.54, 1.807) is 16.7 Å². The first-order valence-electron chi connectivity index (χ1n) is 6.26. The van der Waals surface area contributed by atoms with E-state index in [4.69, 9.17) is 9.84 Å². The number of carbonyl (C=O) groups excluding carboxylic acids is 1. The smallest absolute Gasteiger partial charge is 0.328 e. The van der Waals surface area contributed by atoms with Crippen LogP contribution in [0.3, 0.4) is 0 Å². The number of aromatic nitrogens is 1. The van der Waals surface area contributed by atoms with Gasteiger partial charge in [0.05, 0.1) is 13.2 Å². The van der Waals surface area contributed by atoms with Crippen LogP contribution in [-0.2, 0) is 9.53 Å². The van der Waals surface area contributed by atoms with Gasteiger partial charge in [-0.1, -0.05) is 0 Å². The average molecular weight is 324 g/mol.